The zero-order valence-electron chi connectivity index (χ0n) is 18.3. The zero-order valence-corrected chi connectivity index (χ0v) is 19.2. The highest BCUT2D eigenvalue weighted by Crippen LogP contribution is 2.39. The summed E-state index contributed by atoms with van der Waals surface area (Å²) < 4.78 is 5.93. The van der Waals surface area contributed by atoms with Crippen LogP contribution in [0.15, 0.2) is 53.9 Å². The van der Waals surface area contributed by atoms with Gasteiger partial charge in [0, 0.05) is 23.1 Å². The van der Waals surface area contributed by atoms with Crippen molar-refractivity contribution in [1.29, 1.82) is 0 Å². The van der Waals surface area contributed by atoms with Gasteiger partial charge in [0.25, 0.3) is 5.91 Å². The second kappa shape index (κ2) is 9.96. The van der Waals surface area contributed by atoms with Crippen LogP contribution in [0, 0.1) is 0 Å². The Morgan fingerprint density at radius 1 is 1.16 bits per heavy atom. The van der Waals surface area contributed by atoms with Gasteiger partial charge in [-0.15, -0.1) is 11.3 Å². The Hall–Kier alpha value is -3.19. The first-order valence-corrected chi connectivity index (χ1v) is 11.9. The number of hydrogen-bond acceptors (Lipinski definition) is 5. The summed E-state index contributed by atoms with van der Waals surface area (Å²) in [6, 6.07) is 15.7. The number of unbranched alkanes of at least 4 members (excludes halogenated alkanes) is 1. The highest BCUT2D eigenvalue weighted by molar-refractivity contribution is 7.13. The number of benzene rings is 2. The number of nitrogens with zero attached hydrogens (tertiary/aromatic N) is 2. The minimum absolute atomic E-state index is 0.0226. The third kappa shape index (κ3) is 4.67. The largest absolute Gasteiger partial charge is 0.478 e. The van der Waals surface area contributed by atoms with E-state index in [9.17, 15) is 9.59 Å². The molecule has 1 unspecified atom stereocenters. The summed E-state index contributed by atoms with van der Waals surface area (Å²) in [5.74, 6) is 0.256. The average molecular weight is 450 g/mol. The van der Waals surface area contributed by atoms with E-state index in [1.165, 1.54) is 0 Å². The highest BCUT2D eigenvalue weighted by Gasteiger charge is 2.34. The molecule has 1 N–H and O–H groups in total. The van der Waals surface area contributed by atoms with Crippen LogP contribution in [0.3, 0.4) is 0 Å². The average Bonchev–Trinajstić information content (AvgIpc) is 3.31. The molecule has 1 atom stereocenters. The molecule has 6 nitrogen and oxygen atoms in total. The normalized spacial score (nSPS) is 15.2. The number of rotatable bonds is 8. The molecule has 3 aromatic rings. The molecule has 1 aliphatic heterocycles. The molecule has 2 aromatic carbocycles. The van der Waals surface area contributed by atoms with Crippen molar-refractivity contribution in [1.82, 2.24) is 10.3 Å². The number of anilines is 1. The van der Waals surface area contributed by atoms with Crippen molar-refractivity contribution in [3.63, 3.8) is 0 Å². The van der Waals surface area contributed by atoms with Gasteiger partial charge in [0.15, 0.2) is 6.10 Å². The molecule has 166 valence electrons. The van der Waals surface area contributed by atoms with Gasteiger partial charge in [-0.2, -0.15) is 0 Å². The summed E-state index contributed by atoms with van der Waals surface area (Å²) in [6.45, 7) is 4.56. The van der Waals surface area contributed by atoms with Crippen molar-refractivity contribution in [3.05, 3.63) is 53.9 Å². The molecule has 0 bridgehead atoms. The number of aromatic nitrogens is 1. The minimum Gasteiger partial charge on any atom is -0.478 e. The summed E-state index contributed by atoms with van der Waals surface area (Å²) in [7, 11) is 0. The molecular formula is C25H27N3O3S. The summed E-state index contributed by atoms with van der Waals surface area (Å²) in [5.41, 5.74) is 3.38. The molecule has 0 fully saturated rings. The van der Waals surface area contributed by atoms with Crippen molar-refractivity contribution < 1.29 is 14.3 Å². The zero-order chi connectivity index (χ0) is 22.5. The Kier molecular flexibility index (Phi) is 6.85. The van der Waals surface area contributed by atoms with Gasteiger partial charge in [-0.25, -0.2) is 4.98 Å². The molecule has 0 saturated heterocycles. The van der Waals surface area contributed by atoms with Gasteiger partial charge in [-0.05, 0) is 31.0 Å². The van der Waals surface area contributed by atoms with Crippen LogP contribution in [-0.4, -0.2) is 36.0 Å². The molecule has 0 aliphatic carbocycles. The highest BCUT2D eigenvalue weighted by atomic mass is 32.1. The Morgan fingerprint density at radius 3 is 2.72 bits per heavy atom. The number of carbonyl (C=O) groups is 2. The number of hydrogen-bond donors (Lipinski definition) is 1. The number of carbonyl (C=O) groups excluding carboxylic acids is 2. The SMILES string of the molecule is CCCCNC(=O)CN1C(=O)C(CC)Oc2ccc(-c3csc(-c4ccccc4)n3)cc21. The van der Waals surface area contributed by atoms with Crippen molar-refractivity contribution in [2.45, 2.75) is 39.2 Å². The lowest BCUT2D eigenvalue weighted by Crippen LogP contribution is -2.49. The van der Waals surface area contributed by atoms with E-state index in [2.05, 4.69) is 12.2 Å². The molecule has 0 radical (unpaired) electrons. The van der Waals surface area contributed by atoms with E-state index in [-0.39, 0.29) is 18.4 Å². The van der Waals surface area contributed by atoms with E-state index < -0.39 is 6.10 Å². The van der Waals surface area contributed by atoms with E-state index in [1.807, 2.05) is 60.8 Å². The topological polar surface area (TPSA) is 71.5 Å². The fraction of sp³-hybridized carbons (Fsp3) is 0.320. The molecule has 2 amide bonds. The van der Waals surface area contributed by atoms with Gasteiger partial charge in [0.05, 0.1) is 11.4 Å². The van der Waals surface area contributed by atoms with Crippen LogP contribution in [-0.2, 0) is 9.59 Å². The van der Waals surface area contributed by atoms with Crippen LogP contribution in [0.1, 0.15) is 33.1 Å². The van der Waals surface area contributed by atoms with Crippen LogP contribution in [0.4, 0.5) is 5.69 Å². The standard InChI is InChI=1S/C25H27N3O3S/c1-3-5-13-26-23(29)15-28-20-14-18(11-12-22(20)31-21(4-2)25(28)30)19-16-32-24(27-19)17-9-7-6-8-10-17/h6-12,14,16,21H,3-5,13,15H2,1-2H3,(H,26,29). The fourth-order valence-corrected chi connectivity index (χ4v) is 4.46. The quantitative estimate of drug-likeness (QED) is 0.497. The molecule has 1 aliphatic rings. The monoisotopic (exact) mass is 449 g/mol. The molecule has 2 heterocycles. The Balaban J connectivity index is 1.63. The van der Waals surface area contributed by atoms with Gasteiger partial charge in [-0.3, -0.25) is 14.5 Å². The lowest BCUT2D eigenvalue weighted by atomic mass is 10.1. The van der Waals surface area contributed by atoms with Crippen molar-refractivity contribution in [2.24, 2.45) is 0 Å². The maximum absolute atomic E-state index is 13.0. The lowest BCUT2D eigenvalue weighted by molar-refractivity contribution is -0.129. The summed E-state index contributed by atoms with van der Waals surface area (Å²) in [6.07, 6.45) is 1.87. The third-order valence-corrected chi connectivity index (χ3v) is 6.30. The van der Waals surface area contributed by atoms with Crippen LogP contribution >= 0.6 is 11.3 Å². The first-order valence-electron chi connectivity index (χ1n) is 11.0. The van der Waals surface area contributed by atoms with Gasteiger partial charge < -0.3 is 10.1 Å². The van der Waals surface area contributed by atoms with E-state index in [4.69, 9.17) is 9.72 Å². The summed E-state index contributed by atoms with van der Waals surface area (Å²) in [4.78, 5) is 31.8. The van der Waals surface area contributed by atoms with Crippen molar-refractivity contribution >= 4 is 28.8 Å². The van der Waals surface area contributed by atoms with Crippen LogP contribution in [0.2, 0.25) is 0 Å². The minimum atomic E-state index is -0.583. The van der Waals surface area contributed by atoms with E-state index in [1.54, 1.807) is 16.2 Å². The molecule has 0 saturated carbocycles. The second-order valence-electron chi connectivity index (χ2n) is 7.73. The Labute approximate surface area is 192 Å². The van der Waals surface area contributed by atoms with Crippen molar-refractivity contribution in [2.75, 3.05) is 18.0 Å². The predicted molar refractivity (Wildman–Crippen MR) is 128 cm³/mol. The van der Waals surface area contributed by atoms with Gasteiger partial charge in [0.1, 0.15) is 17.3 Å². The van der Waals surface area contributed by atoms with E-state index >= 15 is 0 Å². The van der Waals surface area contributed by atoms with Crippen LogP contribution in [0.5, 0.6) is 5.75 Å². The fourth-order valence-electron chi connectivity index (χ4n) is 3.63. The number of nitrogens with one attached hydrogen (secondary N) is 1. The molecule has 32 heavy (non-hydrogen) atoms. The Morgan fingerprint density at radius 2 is 1.97 bits per heavy atom. The van der Waals surface area contributed by atoms with Crippen LogP contribution < -0.4 is 15.0 Å². The van der Waals surface area contributed by atoms with E-state index in [0.29, 0.717) is 24.4 Å². The second-order valence-corrected chi connectivity index (χ2v) is 8.59. The van der Waals surface area contributed by atoms with E-state index in [0.717, 1.165) is 34.7 Å². The van der Waals surface area contributed by atoms with Gasteiger partial charge >= 0.3 is 0 Å². The van der Waals surface area contributed by atoms with Gasteiger partial charge in [0.2, 0.25) is 5.91 Å². The molecular weight excluding hydrogens is 422 g/mol. The number of ether oxygens (including phenoxy) is 1. The predicted octanol–water partition coefficient (Wildman–Crippen LogP) is 4.90. The van der Waals surface area contributed by atoms with Crippen LogP contribution in [0.25, 0.3) is 21.8 Å². The molecule has 7 heteroatoms. The first kappa shape index (κ1) is 22.0. The summed E-state index contributed by atoms with van der Waals surface area (Å²) >= 11 is 1.58. The maximum Gasteiger partial charge on any atom is 0.268 e. The Bertz CT molecular complexity index is 1100. The number of fused-ring (bicyclic) bond motifs is 1. The van der Waals surface area contributed by atoms with Gasteiger partial charge in [-0.1, -0.05) is 50.6 Å². The number of amides is 2. The summed E-state index contributed by atoms with van der Waals surface area (Å²) in [5, 5.41) is 5.84. The smallest absolute Gasteiger partial charge is 0.268 e. The molecule has 4 rings (SSSR count). The maximum atomic E-state index is 13.0. The molecule has 0 spiro atoms. The lowest BCUT2D eigenvalue weighted by Gasteiger charge is -2.34. The first-order chi connectivity index (χ1) is 15.6. The molecule has 1 aromatic heterocycles. The van der Waals surface area contributed by atoms with Crippen molar-refractivity contribution in [3.8, 4) is 27.6 Å². The third-order valence-electron chi connectivity index (χ3n) is 5.41. The number of thiazole rings is 1.